The molecule has 0 amide bonds. The van der Waals surface area contributed by atoms with E-state index in [4.69, 9.17) is 0 Å². The SMILES string of the molecule is Cc1cccc(-c2ccc(-c3cccc(C)c3C)c(C)c2C)c1C.Cc1cccc(-c2cccc(C)c2)c1.Cc1cccc(-c2cccc(C)c2C)c1C.Cc1cccc(-c2ccccc2C)c1.Cc1ccccc1-c1ccccc1C. The molecule has 0 bridgehead atoms. The molecule has 0 aliphatic carbocycles. The smallest absolute Gasteiger partial charge is 0.0149 e. The Kier molecular flexibility index (Phi) is 21.4. The molecule has 0 saturated carbocycles. The fourth-order valence-corrected chi connectivity index (χ4v) is 10.7. The molecule has 0 nitrogen and oxygen atoms in total. The van der Waals surface area contributed by atoms with Gasteiger partial charge in [-0.1, -0.05) is 247 Å². The zero-order valence-corrected chi connectivity index (χ0v) is 51.9. The number of rotatable bonds is 6. The average Bonchev–Trinajstić information content (AvgIpc) is 3.59. The summed E-state index contributed by atoms with van der Waals surface area (Å²) in [7, 11) is 0. The summed E-state index contributed by atoms with van der Waals surface area (Å²) in [5.74, 6) is 0. The zero-order chi connectivity index (χ0) is 59.0. The second-order valence-electron chi connectivity index (χ2n) is 22.5. The highest BCUT2D eigenvalue weighted by Gasteiger charge is 2.14. The van der Waals surface area contributed by atoms with Crippen molar-refractivity contribution >= 4 is 0 Å². The first-order chi connectivity index (χ1) is 39.3. The minimum atomic E-state index is 1.30. The second-order valence-corrected chi connectivity index (χ2v) is 22.5. The third-order valence-electron chi connectivity index (χ3n) is 16.5. The Morgan fingerprint density at radius 1 is 0.146 bits per heavy atom. The summed E-state index contributed by atoms with van der Waals surface area (Å²) >= 11 is 0. The van der Waals surface area contributed by atoms with Gasteiger partial charge in [0.25, 0.3) is 0 Å². The second kappa shape index (κ2) is 28.7. The lowest BCUT2D eigenvalue weighted by molar-refractivity contribution is 1.29. The molecule has 0 aliphatic heterocycles. The highest BCUT2D eigenvalue weighted by Crippen LogP contribution is 2.37. The first-order valence-corrected chi connectivity index (χ1v) is 29.1. The quantitative estimate of drug-likeness (QED) is 0.156. The van der Waals surface area contributed by atoms with Gasteiger partial charge in [-0.2, -0.15) is 0 Å². The minimum absolute atomic E-state index is 1.30. The summed E-state index contributed by atoms with van der Waals surface area (Å²) in [6, 6.07) is 82.1. The van der Waals surface area contributed by atoms with Gasteiger partial charge in [-0.05, 0) is 250 Å². The van der Waals surface area contributed by atoms with E-state index in [9.17, 15) is 0 Å². The molecule has 0 aromatic heterocycles. The van der Waals surface area contributed by atoms with Crippen LogP contribution in [0.1, 0.15) is 89.0 Å². The third-order valence-corrected chi connectivity index (χ3v) is 16.5. The van der Waals surface area contributed by atoms with E-state index in [1.165, 1.54) is 156 Å². The minimum Gasteiger partial charge on any atom is -0.0620 e. The van der Waals surface area contributed by atoms with E-state index < -0.39 is 0 Å². The summed E-state index contributed by atoms with van der Waals surface area (Å²) < 4.78 is 0. The van der Waals surface area contributed by atoms with Crippen molar-refractivity contribution in [1.29, 1.82) is 0 Å². The maximum absolute atomic E-state index is 2.29. The van der Waals surface area contributed by atoms with Gasteiger partial charge < -0.3 is 0 Å². The molecule has 0 radical (unpaired) electrons. The Morgan fingerprint density at radius 3 is 0.659 bits per heavy atom. The largest absolute Gasteiger partial charge is 0.0620 e. The predicted octanol–water partition coefficient (Wildman–Crippen LogP) is 23.4. The lowest BCUT2D eigenvalue weighted by Gasteiger charge is -2.18. The van der Waals surface area contributed by atoms with E-state index in [-0.39, 0.29) is 0 Å². The van der Waals surface area contributed by atoms with Crippen LogP contribution in [-0.4, -0.2) is 0 Å². The van der Waals surface area contributed by atoms with Crippen LogP contribution in [0.15, 0.2) is 231 Å². The van der Waals surface area contributed by atoms with Crippen molar-refractivity contribution in [3.8, 4) is 66.8 Å². The first-order valence-electron chi connectivity index (χ1n) is 29.1. The van der Waals surface area contributed by atoms with Crippen molar-refractivity contribution in [3.63, 3.8) is 0 Å². The molecule has 0 saturated heterocycles. The van der Waals surface area contributed by atoms with Crippen LogP contribution in [0.3, 0.4) is 0 Å². The summed E-state index contributed by atoms with van der Waals surface area (Å²) in [5, 5.41) is 0. The maximum Gasteiger partial charge on any atom is -0.0149 e. The van der Waals surface area contributed by atoms with E-state index in [1.54, 1.807) is 0 Å². The van der Waals surface area contributed by atoms with Gasteiger partial charge in [0.2, 0.25) is 0 Å². The molecule has 11 rings (SSSR count). The highest BCUT2D eigenvalue weighted by atomic mass is 14.2. The Balaban J connectivity index is 0.000000150. The number of hydrogen-bond donors (Lipinski definition) is 0. The van der Waals surface area contributed by atoms with E-state index in [0.717, 1.165) is 0 Å². The van der Waals surface area contributed by atoms with Crippen molar-refractivity contribution in [2.45, 2.75) is 111 Å². The summed E-state index contributed by atoms with van der Waals surface area (Å²) in [6.45, 7) is 34.9. The van der Waals surface area contributed by atoms with Gasteiger partial charge in [0.15, 0.2) is 0 Å². The van der Waals surface area contributed by atoms with Gasteiger partial charge in [0, 0.05) is 0 Å². The predicted molar refractivity (Wildman–Crippen MR) is 361 cm³/mol. The van der Waals surface area contributed by atoms with Crippen LogP contribution in [-0.2, 0) is 0 Å². The van der Waals surface area contributed by atoms with E-state index >= 15 is 0 Å². The molecule has 414 valence electrons. The molecule has 0 heterocycles. The molecule has 82 heavy (non-hydrogen) atoms. The van der Waals surface area contributed by atoms with Crippen molar-refractivity contribution in [3.05, 3.63) is 320 Å². The molecular weight excluding hydrogens is 985 g/mol. The molecule has 0 spiro atoms. The van der Waals surface area contributed by atoms with Gasteiger partial charge in [-0.3, -0.25) is 0 Å². The Labute approximate surface area is 494 Å². The standard InChI is InChI=1S/C24H26.C16H18.3C14H14/c1-15-9-7-11-21(17(15)3)23-13-14-24(20(6)19(23)5)22-12-8-10-16(2)18(22)4;1-11-7-5-9-15(13(11)3)16-10-6-8-12(2)14(16)4;1-11-5-3-7-13(9-11)14-8-4-6-12(2)10-14;1-11-7-3-5-9-13(11)14-10-6-4-8-12(14)2;1-11-6-5-8-13(10-11)14-9-4-3-7-12(14)2/h7-14H,1-6H3;5-10H,1-4H3;3*3-10H,1-2H3. The monoisotopic (exact) mass is 1070 g/mol. The van der Waals surface area contributed by atoms with Gasteiger partial charge in [-0.15, -0.1) is 0 Å². The van der Waals surface area contributed by atoms with Gasteiger partial charge in [-0.25, -0.2) is 0 Å². The van der Waals surface area contributed by atoms with Gasteiger partial charge >= 0.3 is 0 Å². The Hall–Kier alpha value is -8.58. The van der Waals surface area contributed by atoms with Crippen LogP contribution in [0, 0.1) is 111 Å². The topological polar surface area (TPSA) is 0 Å². The van der Waals surface area contributed by atoms with Crippen LogP contribution in [0.25, 0.3) is 66.8 Å². The lowest BCUT2D eigenvalue weighted by atomic mass is 9.87. The maximum atomic E-state index is 2.29. The zero-order valence-electron chi connectivity index (χ0n) is 51.9. The van der Waals surface area contributed by atoms with Crippen molar-refractivity contribution in [2.75, 3.05) is 0 Å². The van der Waals surface area contributed by atoms with Gasteiger partial charge in [0.05, 0.1) is 0 Å². The average molecular weight is 1070 g/mol. The normalized spacial score (nSPS) is 10.4. The van der Waals surface area contributed by atoms with E-state index in [2.05, 4.69) is 341 Å². The molecule has 0 fully saturated rings. The number of aryl methyl sites for hydroxylation is 10. The Morgan fingerprint density at radius 2 is 0.366 bits per heavy atom. The van der Waals surface area contributed by atoms with Crippen molar-refractivity contribution in [1.82, 2.24) is 0 Å². The van der Waals surface area contributed by atoms with Crippen LogP contribution in [0.2, 0.25) is 0 Å². The van der Waals surface area contributed by atoms with Crippen LogP contribution in [0.5, 0.6) is 0 Å². The summed E-state index contributed by atoms with van der Waals surface area (Å²) in [4.78, 5) is 0. The molecule has 0 atom stereocenters. The van der Waals surface area contributed by atoms with E-state index in [1.807, 2.05) is 0 Å². The van der Waals surface area contributed by atoms with E-state index in [0.29, 0.717) is 0 Å². The van der Waals surface area contributed by atoms with Gasteiger partial charge in [0.1, 0.15) is 0 Å². The molecule has 0 N–H and O–H groups in total. The fourth-order valence-electron chi connectivity index (χ4n) is 10.7. The molecule has 11 aromatic rings. The molecular formula is C82H86. The molecule has 11 aromatic carbocycles. The highest BCUT2D eigenvalue weighted by molar-refractivity contribution is 5.80. The van der Waals surface area contributed by atoms with Crippen LogP contribution >= 0.6 is 0 Å². The van der Waals surface area contributed by atoms with Crippen molar-refractivity contribution in [2.24, 2.45) is 0 Å². The number of hydrogen-bond acceptors (Lipinski definition) is 0. The molecule has 0 unspecified atom stereocenters. The van der Waals surface area contributed by atoms with Crippen LogP contribution < -0.4 is 0 Å². The lowest BCUT2D eigenvalue weighted by Crippen LogP contribution is -1.96. The first kappa shape index (κ1) is 61.0. The number of benzene rings is 11. The Bertz CT molecular complexity index is 3720. The fraction of sp³-hybridized carbons (Fsp3) is 0.195. The summed E-state index contributed by atoms with van der Waals surface area (Å²) in [6.07, 6.45) is 0. The molecule has 0 heteroatoms. The van der Waals surface area contributed by atoms with Crippen LogP contribution in [0.4, 0.5) is 0 Å². The third kappa shape index (κ3) is 15.4. The molecule has 0 aliphatic rings. The summed E-state index contributed by atoms with van der Waals surface area (Å²) in [5.41, 5.74) is 37.7. The van der Waals surface area contributed by atoms with Crippen molar-refractivity contribution < 1.29 is 0 Å².